The van der Waals surface area contributed by atoms with Crippen LogP contribution in [0.3, 0.4) is 0 Å². The molecule has 2 aliphatic rings. The van der Waals surface area contributed by atoms with Gasteiger partial charge in [-0.3, -0.25) is 0 Å². The van der Waals surface area contributed by atoms with Gasteiger partial charge in [0.05, 0.1) is 11.1 Å². The predicted octanol–water partition coefficient (Wildman–Crippen LogP) is 3.17. The number of aromatic amines is 1. The maximum absolute atomic E-state index is 4.82. The molecule has 2 nitrogen and oxygen atoms in total. The summed E-state index contributed by atoms with van der Waals surface area (Å²) in [7, 11) is 0. The molecule has 1 aromatic heterocycles. The largest absolute Gasteiger partial charge is 0.354 e. The van der Waals surface area contributed by atoms with E-state index in [4.69, 9.17) is 4.99 Å². The molecule has 5 rings (SSSR count). The number of rotatable bonds is 0. The molecule has 1 N–H and O–H groups in total. The van der Waals surface area contributed by atoms with E-state index in [2.05, 4.69) is 47.5 Å². The van der Waals surface area contributed by atoms with Crippen LogP contribution in [0.25, 0.3) is 27.4 Å². The first-order chi connectivity index (χ1) is 9.90. The van der Waals surface area contributed by atoms with Gasteiger partial charge in [-0.2, -0.15) is 0 Å². The Kier molecular flexibility index (Phi) is 1.88. The molecule has 0 spiro atoms. The third-order valence-corrected chi connectivity index (χ3v) is 4.47. The molecule has 0 saturated heterocycles. The summed E-state index contributed by atoms with van der Waals surface area (Å²) >= 11 is 0. The lowest BCUT2D eigenvalue weighted by molar-refractivity contribution is 0.845. The number of hydrogen-bond donors (Lipinski definition) is 1. The summed E-state index contributed by atoms with van der Waals surface area (Å²) in [5.41, 5.74) is 5.07. The summed E-state index contributed by atoms with van der Waals surface area (Å²) in [5.74, 6) is 0. The standard InChI is InChI=1S/C18H14N2/c1-3-7-15-11(5-1)13-9-18-14(10-17(13)19-15)12-6-2-4-8-16(12)20-18/h1,3,5,7-10,19H,2,4,6H2. The van der Waals surface area contributed by atoms with Gasteiger partial charge < -0.3 is 4.98 Å². The number of para-hydroxylation sites is 1. The Labute approximate surface area is 116 Å². The predicted molar refractivity (Wildman–Crippen MR) is 81.9 cm³/mol. The number of benzene rings is 2. The first-order valence-corrected chi connectivity index (χ1v) is 7.23. The van der Waals surface area contributed by atoms with Gasteiger partial charge in [-0.15, -0.1) is 0 Å². The van der Waals surface area contributed by atoms with Gasteiger partial charge in [0.2, 0.25) is 0 Å². The number of allylic oxidation sites excluding steroid dienone is 2. The van der Waals surface area contributed by atoms with Gasteiger partial charge >= 0.3 is 0 Å². The highest BCUT2D eigenvalue weighted by Gasteiger charge is 2.16. The van der Waals surface area contributed by atoms with Crippen molar-refractivity contribution in [1.29, 1.82) is 0 Å². The van der Waals surface area contributed by atoms with Crippen LogP contribution in [0.4, 0.5) is 0 Å². The van der Waals surface area contributed by atoms with E-state index in [-0.39, 0.29) is 0 Å². The molecule has 2 heterocycles. The van der Waals surface area contributed by atoms with E-state index < -0.39 is 0 Å². The molecular weight excluding hydrogens is 244 g/mol. The van der Waals surface area contributed by atoms with Crippen molar-refractivity contribution in [1.82, 2.24) is 4.98 Å². The van der Waals surface area contributed by atoms with Crippen molar-refractivity contribution >= 4 is 27.4 Å². The van der Waals surface area contributed by atoms with E-state index in [1.165, 1.54) is 44.7 Å². The van der Waals surface area contributed by atoms with Crippen LogP contribution in [0.1, 0.15) is 19.3 Å². The average molecular weight is 258 g/mol. The minimum atomic E-state index is 1.14. The molecule has 0 radical (unpaired) electrons. The zero-order valence-electron chi connectivity index (χ0n) is 11.1. The summed E-state index contributed by atoms with van der Waals surface area (Å²) in [6.45, 7) is 0. The fraction of sp³-hybridized carbons (Fsp3) is 0.167. The zero-order valence-corrected chi connectivity index (χ0v) is 11.1. The molecule has 0 fully saturated rings. The van der Waals surface area contributed by atoms with Gasteiger partial charge in [-0.25, -0.2) is 4.99 Å². The third kappa shape index (κ3) is 1.26. The molecule has 1 aliphatic carbocycles. The average Bonchev–Trinajstić information content (AvgIpc) is 3.02. The zero-order chi connectivity index (χ0) is 13.1. The lowest BCUT2D eigenvalue weighted by Gasteiger charge is -2.08. The Morgan fingerprint density at radius 3 is 2.95 bits per heavy atom. The highest BCUT2D eigenvalue weighted by atomic mass is 14.8. The Balaban J connectivity index is 1.98. The van der Waals surface area contributed by atoms with E-state index in [0.717, 1.165) is 18.2 Å². The first kappa shape index (κ1) is 10.4. The van der Waals surface area contributed by atoms with Crippen LogP contribution in [-0.2, 0) is 0 Å². The van der Waals surface area contributed by atoms with Crippen molar-refractivity contribution in [3.8, 4) is 0 Å². The second-order valence-corrected chi connectivity index (χ2v) is 5.66. The van der Waals surface area contributed by atoms with Crippen LogP contribution in [-0.4, -0.2) is 4.98 Å². The monoisotopic (exact) mass is 258 g/mol. The molecule has 0 atom stereocenters. The molecule has 96 valence electrons. The van der Waals surface area contributed by atoms with Crippen LogP contribution >= 0.6 is 0 Å². The Morgan fingerprint density at radius 2 is 1.95 bits per heavy atom. The minimum absolute atomic E-state index is 1.14. The van der Waals surface area contributed by atoms with Crippen molar-refractivity contribution in [2.24, 2.45) is 4.99 Å². The minimum Gasteiger partial charge on any atom is -0.354 e. The first-order valence-electron chi connectivity index (χ1n) is 7.23. The van der Waals surface area contributed by atoms with Gasteiger partial charge in [0.25, 0.3) is 0 Å². The number of H-pyrrole nitrogens is 1. The fourth-order valence-corrected chi connectivity index (χ4v) is 3.51. The SMILES string of the molecule is C1=C2N=c3cc4c(cc3=C2CCC1)[nH]c1ccccc14. The smallest absolute Gasteiger partial charge is 0.0720 e. The van der Waals surface area contributed by atoms with Gasteiger partial charge in [0.15, 0.2) is 0 Å². The number of nitrogens with one attached hydrogen (secondary N) is 1. The lowest BCUT2D eigenvalue weighted by Crippen LogP contribution is -2.22. The summed E-state index contributed by atoms with van der Waals surface area (Å²) in [4.78, 5) is 8.35. The lowest BCUT2D eigenvalue weighted by atomic mass is 9.98. The Bertz CT molecular complexity index is 1020. The highest BCUT2D eigenvalue weighted by Crippen LogP contribution is 2.28. The maximum atomic E-state index is 4.82. The van der Waals surface area contributed by atoms with E-state index in [1.807, 2.05) is 0 Å². The van der Waals surface area contributed by atoms with Crippen molar-refractivity contribution in [2.75, 3.05) is 0 Å². The second-order valence-electron chi connectivity index (χ2n) is 5.66. The van der Waals surface area contributed by atoms with E-state index >= 15 is 0 Å². The van der Waals surface area contributed by atoms with Gasteiger partial charge in [0, 0.05) is 27.0 Å². The molecule has 0 unspecified atom stereocenters. The molecule has 2 heteroatoms. The van der Waals surface area contributed by atoms with E-state index in [0.29, 0.717) is 0 Å². The van der Waals surface area contributed by atoms with Crippen LogP contribution in [0.5, 0.6) is 0 Å². The maximum Gasteiger partial charge on any atom is 0.0720 e. The van der Waals surface area contributed by atoms with Gasteiger partial charge in [-0.05, 0) is 43.0 Å². The quantitative estimate of drug-likeness (QED) is 0.641. The molecular formula is C18H14N2. The van der Waals surface area contributed by atoms with Crippen LogP contribution in [0, 0.1) is 0 Å². The van der Waals surface area contributed by atoms with Gasteiger partial charge in [0.1, 0.15) is 0 Å². The summed E-state index contributed by atoms with van der Waals surface area (Å²) in [5, 5.41) is 5.04. The van der Waals surface area contributed by atoms with Crippen molar-refractivity contribution in [2.45, 2.75) is 19.3 Å². The topological polar surface area (TPSA) is 28.1 Å². The third-order valence-electron chi connectivity index (χ3n) is 4.47. The van der Waals surface area contributed by atoms with Crippen LogP contribution in [0.15, 0.2) is 53.2 Å². The molecule has 3 aromatic rings. The second kappa shape index (κ2) is 3.60. The van der Waals surface area contributed by atoms with E-state index in [9.17, 15) is 0 Å². The number of nitrogens with zero attached hydrogens (tertiary/aromatic N) is 1. The number of fused-ring (bicyclic) bond motifs is 5. The fourth-order valence-electron chi connectivity index (χ4n) is 3.51. The van der Waals surface area contributed by atoms with Crippen molar-refractivity contribution in [3.05, 3.63) is 58.7 Å². The normalized spacial score (nSPS) is 17.0. The van der Waals surface area contributed by atoms with Crippen LogP contribution < -0.4 is 10.6 Å². The molecule has 0 saturated carbocycles. The summed E-state index contributed by atoms with van der Waals surface area (Å²) < 4.78 is 0. The van der Waals surface area contributed by atoms with Crippen LogP contribution in [0.2, 0.25) is 0 Å². The summed E-state index contributed by atoms with van der Waals surface area (Å²) in [6, 6.07) is 13.0. The number of hydrogen-bond acceptors (Lipinski definition) is 1. The van der Waals surface area contributed by atoms with E-state index in [1.54, 1.807) is 0 Å². The van der Waals surface area contributed by atoms with Gasteiger partial charge in [-0.1, -0.05) is 24.3 Å². The Hall–Kier alpha value is -2.35. The Morgan fingerprint density at radius 1 is 1.00 bits per heavy atom. The highest BCUT2D eigenvalue weighted by molar-refractivity contribution is 6.07. The molecule has 0 bridgehead atoms. The van der Waals surface area contributed by atoms with Crippen molar-refractivity contribution in [3.63, 3.8) is 0 Å². The number of aromatic nitrogens is 1. The molecule has 2 aromatic carbocycles. The summed E-state index contributed by atoms with van der Waals surface area (Å²) in [6.07, 6.45) is 5.86. The molecule has 1 aliphatic heterocycles. The molecule has 20 heavy (non-hydrogen) atoms. The molecule has 0 amide bonds. The van der Waals surface area contributed by atoms with Crippen molar-refractivity contribution < 1.29 is 0 Å².